The van der Waals surface area contributed by atoms with Crippen LogP contribution in [0.1, 0.15) is 29.8 Å². The van der Waals surface area contributed by atoms with Crippen molar-refractivity contribution >= 4 is 33.3 Å². The molecule has 0 spiro atoms. The number of ketones is 1. The predicted molar refractivity (Wildman–Crippen MR) is 83.3 cm³/mol. The summed E-state index contributed by atoms with van der Waals surface area (Å²) in [5, 5.41) is 0. The third kappa shape index (κ3) is 2.85. The van der Waals surface area contributed by atoms with Gasteiger partial charge in [0.25, 0.3) is 5.91 Å². The van der Waals surface area contributed by atoms with Crippen LogP contribution in [0.25, 0.3) is 0 Å². The Labute approximate surface area is 126 Å². The van der Waals surface area contributed by atoms with E-state index in [4.69, 9.17) is 0 Å². The van der Waals surface area contributed by atoms with Gasteiger partial charge in [-0.3, -0.25) is 9.59 Å². The number of aliphatic imine (C=N–C) groups is 1. The lowest BCUT2D eigenvalue weighted by atomic mass is 9.98. The molecule has 0 fully saturated rings. The first kappa shape index (κ1) is 14.6. The highest BCUT2D eigenvalue weighted by Gasteiger charge is 2.21. The summed E-state index contributed by atoms with van der Waals surface area (Å²) in [6.07, 6.45) is 1.63. The largest absolute Gasteiger partial charge is 0.289 e. The van der Waals surface area contributed by atoms with Gasteiger partial charge in [-0.15, -0.1) is 0 Å². The molecule has 1 amide bonds. The van der Waals surface area contributed by atoms with Crippen molar-refractivity contribution in [3.8, 4) is 0 Å². The van der Waals surface area contributed by atoms with Crippen molar-refractivity contribution in [3.05, 3.63) is 57.1 Å². The van der Waals surface area contributed by atoms with E-state index in [1.165, 1.54) is 0 Å². The van der Waals surface area contributed by atoms with Crippen molar-refractivity contribution in [1.82, 2.24) is 0 Å². The molecule has 0 aromatic heterocycles. The molecule has 0 aliphatic heterocycles. The number of allylic oxidation sites excluding steroid dienone is 4. The number of amides is 1. The molecule has 0 N–H and O–H groups in total. The summed E-state index contributed by atoms with van der Waals surface area (Å²) in [4.78, 5) is 28.0. The third-order valence-corrected chi connectivity index (χ3v) is 4.13. The first-order valence-electron chi connectivity index (χ1n) is 6.19. The quantitative estimate of drug-likeness (QED) is 0.735. The molecule has 1 aromatic rings. The molecule has 0 heterocycles. The molecule has 0 radical (unpaired) electrons. The molecule has 0 bridgehead atoms. The molecule has 1 aliphatic carbocycles. The molecule has 102 valence electrons. The van der Waals surface area contributed by atoms with E-state index in [9.17, 15) is 9.59 Å². The second kappa shape index (κ2) is 5.67. The molecular weight excluding hydrogens is 318 g/mol. The van der Waals surface area contributed by atoms with Gasteiger partial charge in [0.1, 0.15) is 0 Å². The van der Waals surface area contributed by atoms with E-state index in [0.29, 0.717) is 26.9 Å². The number of rotatable bonds is 1. The zero-order valence-electron chi connectivity index (χ0n) is 11.5. The number of carbonyl (C=O) groups is 2. The number of halogens is 1. The van der Waals surface area contributed by atoms with Crippen molar-refractivity contribution in [2.24, 2.45) is 4.99 Å². The van der Waals surface area contributed by atoms with E-state index >= 15 is 0 Å². The van der Waals surface area contributed by atoms with Crippen LogP contribution < -0.4 is 0 Å². The van der Waals surface area contributed by atoms with Crippen molar-refractivity contribution in [1.29, 1.82) is 0 Å². The van der Waals surface area contributed by atoms with Crippen LogP contribution in [0.2, 0.25) is 0 Å². The summed E-state index contributed by atoms with van der Waals surface area (Å²) in [6, 6.07) is 7.23. The van der Waals surface area contributed by atoms with Crippen LogP contribution in [0.15, 0.2) is 51.0 Å². The van der Waals surface area contributed by atoms with E-state index in [-0.39, 0.29) is 11.7 Å². The van der Waals surface area contributed by atoms with Gasteiger partial charge in [-0.05, 0) is 60.5 Å². The number of nitrogens with zero attached hydrogens (tertiary/aromatic N) is 1. The number of aryl methyl sites for hydroxylation is 1. The normalized spacial score (nSPS) is 17.5. The Balaban J connectivity index is 2.38. The Morgan fingerprint density at radius 2 is 1.70 bits per heavy atom. The highest BCUT2D eigenvalue weighted by molar-refractivity contribution is 9.12. The van der Waals surface area contributed by atoms with Crippen LogP contribution in [-0.4, -0.2) is 17.4 Å². The van der Waals surface area contributed by atoms with Crippen molar-refractivity contribution in [3.63, 3.8) is 0 Å². The lowest BCUT2D eigenvalue weighted by molar-refractivity contribution is -0.112. The van der Waals surface area contributed by atoms with E-state index in [1.54, 1.807) is 32.1 Å². The van der Waals surface area contributed by atoms with E-state index < -0.39 is 0 Å². The van der Waals surface area contributed by atoms with Gasteiger partial charge in [0.05, 0.1) is 10.2 Å². The number of carbonyl (C=O) groups excluding carboxylic acids is 2. The van der Waals surface area contributed by atoms with Crippen molar-refractivity contribution in [2.75, 3.05) is 0 Å². The maximum atomic E-state index is 12.1. The van der Waals surface area contributed by atoms with E-state index in [0.717, 1.165) is 5.56 Å². The fraction of sp³-hybridized carbons (Fsp3) is 0.188. The monoisotopic (exact) mass is 331 g/mol. The summed E-state index contributed by atoms with van der Waals surface area (Å²) in [5.74, 6) is -0.346. The first-order valence-corrected chi connectivity index (χ1v) is 6.99. The van der Waals surface area contributed by atoms with Crippen LogP contribution in [0, 0.1) is 6.92 Å². The fourth-order valence-corrected chi connectivity index (χ4v) is 2.26. The molecule has 1 aliphatic rings. The minimum Gasteiger partial charge on any atom is -0.289 e. The zero-order chi connectivity index (χ0) is 14.9. The molecule has 4 heteroatoms. The topological polar surface area (TPSA) is 46.5 Å². The van der Waals surface area contributed by atoms with Crippen molar-refractivity contribution in [2.45, 2.75) is 20.8 Å². The summed E-state index contributed by atoms with van der Waals surface area (Å²) in [5.41, 5.74) is 3.26. The van der Waals surface area contributed by atoms with E-state index in [2.05, 4.69) is 20.9 Å². The second-order valence-corrected chi connectivity index (χ2v) is 5.56. The van der Waals surface area contributed by atoms with Crippen LogP contribution in [0.4, 0.5) is 0 Å². The van der Waals surface area contributed by atoms with Gasteiger partial charge < -0.3 is 0 Å². The Morgan fingerprint density at radius 3 is 2.30 bits per heavy atom. The van der Waals surface area contributed by atoms with Crippen molar-refractivity contribution < 1.29 is 9.59 Å². The van der Waals surface area contributed by atoms with Crippen LogP contribution in [-0.2, 0) is 4.79 Å². The predicted octanol–water partition coefficient (Wildman–Crippen LogP) is 3.77. The number of Topliss-reactive ketones (excluding diaryl/α,β-unsaturated/α-hetero) is 1. The standard InChI is InChI=1S/C16H14BrNO2/c1-9-4-6-12(7-5-9)16(20)18-13-8-10(2)15(19)11(3)14(13)17/h4-8H,1-3H3. The number of benzene rings is 1. The second-order valence-electron chi connectivity index (χ2n) is 4.76. The summed E-state index contributed by atoms with van der Waals surface area (Å²) >= 11 is 3.33. The van der Waals surface area contributed by atoms with Gasteiger partial charge >= 0.3 is 0 Å². The van der Waals surface area contributed by atoms with Gasteiger partial charge in [0.15, 0.2) is 5.78 Å². The van der Waals surface area contributed by atoms with Gasteiger partial charge in [-0.1, -0.05) is 17.7 Å². The van der Waals surface area contributed by atoms with Gasteiger partial charge in [-0.2, -0.15) is 0 Å². The third-order valence-electron chi connectivity index (χ3n) is 3.13. The average molecular weight is 332 g/mol. The zero-order valence-corrected chi connectivity index (χ0v) is 13.1. The van der Waals surface area contributed by atoms with Gasteiger partial charge in [0, 0.05) is 11.1 Å². The molecule has 20 heavy (non-hydrogen) atoms. The lowest BCUT2D eigenvalue weighted by Crippen LogP contribution is -2.15. The number of hydrogen-bond acceptors (Lipinski definition) is 2. The first-order chi connectivity index (χ1) is 9.40. The Morgan fingerprint density at radius 1 is 1.10 bits per heavy atom. The summed E-state index contributed by atoms with van der Waals surface area (Å²) < 4.78 is 0.577. The van der Waals surface area contributed by atoms with Gasteiger partial charge in [0.2, 0.25) is 0 Å². The van der Waals surface area contributed by atoms with Crippen LogP contribution in [0.5, 0.6) is 0 Å². The summed E-state index contributed by atoms with van der Waals surface area (Å²) in [6.45, 7) is 5.40. The maximum absolute atomic E-state index is 12.1. The Kier molecular flexibility index (Phi) is 4.14. The molecule has 0 saturated carbocycles. The maximum Gasteiger partial charge on any atom is 0.277 e. The molecule has 2 rings (SSSR count). The highest BCUT2D eigenvalue weighted by Crippen LogP contribution is 2.24. The smallest absolute Gasteiger partial charge is 0.277 e. The lowest BCUT2D eigenvalue weighted by Gasteiger charge is -2.12. The average Bonchev–Trinajstić information content (AvgIpc) is 2.43. The molecule has 0 atom stereocenters. The van der Waals surface area contributed by atoms with Crippen LogP contribution >= 0.6 is 15.9 Å². The number of hydrogen-bond donors (Lipinski definition) is 0. The Hall–Kier alpha value is -1.81. The summed E-state index contributed by atoms with van der Waals surface area (Å²) in [7, 11) is 0. The minimum absolute atomic E-state index is 0.0291. The SMILES string of the molecule is CC1=CC(=NC(=O)c2ccc(C)cc2)C(Br)=C(C)C1=O. The molecule has 1 aromatic carbocycles. The van der Waals surface area contributed by atoms with Crippen LogP contribution in [0.3, 0.4) is 0 Å². The Bertz CT molecular complexity index is 679. The molecular formula is C16H14BrNO2. The fourth-order valence-electron chi connectivity index (χ4n) is 1.87. The molecule has 0 saturated heterocycles. The minimum atomic E-state index is -0.317. The van der Waals surface area contributed by atoms with Gasteiger partial charge in [-0.25, -0.2) is 4.99 Å². The highest BCUT2D eigenvalue weighted by atomic mass is 79.9. The molecule has 0 unspecified atom stereocenters. The van der Waals surface area contributed by atoms with E-state index in [1.807, 2.05) is 19.1 Å². The molecule has 3 nitrogen and oxygen atoms in total.